The highest BCUT2D eigenvalue weighted by Crippen LogP contribution is 2.20. The fraction of sp³-hybridized carbons (Fsp3) is 0.371. The lowest BCUT2D eigenvalue weighted by atomic mass is 9.99. The third-order valence-corrected chi connectivity index (χ3v) is 14.3. The van der Waals surface area contributed by atoms with Crippen LogP contribution in [-0.2, 0) is 25.9 Å². The maximum Gasteiger partial charge on any atom is 0.253 e. The largest absolute Gasteiger partial charge is 0.390 e. The summed E-state index contributed by atoms with van der Waals surface area (Å²) in [6.07, 6.45) is 5.57. The summed E-state index contributed by atoms with van der Waals surface area (Å²) >= 11 is 2.23. The van der Waals surface area contributed by atoms with Gasteiger partial charge in [0.1, 0.15) is 36.5 Å². The normalized spacial score (nSPS) is 12.0. The van der Waals surface area contributed by atoms with Gasteiger partial charge in [0.05, 0.1) is 24.3 Å². The number of nitrogens with zero attached hydrogens (tertiary/aromatic N) is 2. The number of aliphatic hydroxyl groups is 4. The summed E-state index contributed by atoms with van der Waals surface area (Å²) in [6, 6.07) is 29.7. The van der Waals surface area contributed by atoms with Gasteiger partial charge in [0.2, 0.25) is 0 Å². The summed E-state index contributed by atoms with van der Waals surface area (Å²) in [7, 11) is 0. The van der Waals surface area contributed by atoms with Gasteiger partial charge in [0, 0.05) is 95.9 Å². The molecule has 4 atom stereocenters. The molecule has 6 rings (SSSR count). The van der Waals surface area contributed by atoms with Gasteiger partial charge < -0.3 is 51.5 Å². The summed E-state index contributed by atoms with van der Waals surface area (Å²) in [5, 5.41) is 50.9. The molecule has 14 nitrogen and oxygen atoms in total. The van der Waals surface area contributed by atoms with Crippen LogP contribution in [0.5, 0.6) is 0 Å². The molecule has 0 aliphatic rings. The number of rotatable bonds is 28. The Morgan fingerprint density at radius 3 is 1.28 bits per heavy atom. The third-order valence-electron chi connectivity index (χ3n) is 13.6. The van der Waals surface area contributed by atoms with Crippen LogP contribution in [0.25, 0.3) is 0 Å². The van der Waals surface area contributed by atoms with Crippen LogP contribution in [0.1, 0.15) is 134 Å². The average Bonchev–Trinajstić information content (AvgIpc) is 2.36. The summed E-state index contributed by atoms with van der Waals surface area (Å²) in [5.74, 6) is 3.15. The van der Waals surface area contributed by atoms with Gasteiger partial charge in [0.25, 0.3) is 23.6 Å². The van der Waals surface area contributed by atoms with Crippen LogP contribution in [0.15, 0.2) is 121 Å². The van der Waals surface area contributed by atoms with Gasteiger partial charge in [-0.3, -0.25) is 19.2 Å². The molecule has 4 amide bonds. The number of nitrogens with one attached hydrogen (secondary N) is 4. The van der Waals surface area contributed by atoms with E-state index in [1.807, 2.05) is 89.1 Å². The minimum atomic E-state index is -1.13. The third kappa shape index (κ3) is 26.3. The molecule has 0 bridgehead atoms. The number of benzene rings is 6. The lowest BCUT2D eigenvalue weighted by molar-refractivity contribution is 0.0747. The first kappa shape index (κ1) is 74.0. The van der Waals surface area contributed by atoms with Crippen LogP contribution in [0.4, 0.5) is 17.6 Å². The van der Waals surface area contributed by atoms with E-state index in [0.29, 0.717) is 56.0 Å². The van der Waals surface area contributed by atoms with E-state index in [-0.39, 0.29) is 67.6 Å². The average molecular weight is 1340 g/mol. The van der Waals surface area contributed by atoms with Crippen molar-refractivity contribution in [2.24, 2.45) is 0 Å². The van der Waals surface area contributed by atoms with Crippen molar-refractivity contribution in [1.82, 2.24) is 31.1 Å². The molecule has 19 heteroatoms. The van der Waals surface area contributed by atoms with Gasteiger partial charge in [-0.15, -0.1) is 6.42 Å². The van der Waals surface area contributed by atoms with Gasteiger partial charge >= 0.3 is 0 Å². The molecule has 0 aliphatic heterocycles. The predicted octanol–water partition coefficient (Wildman–Crippen LogP) is 9.61. The van der Waals surface area contributed by atoms with Crippen molar-refractivity contribution < 1.29 is 57.2 Å². The molecular formula is C70H83F4IN6O8. The fourth-order valence-electron chi connectivity index (χ4n) is 9.75. The number of carbonyl (C=O) groups excluding carboxylic acids is 4. The molecule has 476 valence electrons. The van der Waals surface area contributed by atoms with Gasteiger partial charge in [-0.05, 0) is 193 Å². The van der Waals surface area contributed by atoms with Crippen molar-refractivity contribution in [1.29, 1.82) is 0 Å². The van der Waals surface area contributed by atoms with E-state index in [0.717, 1.165) is 69.2 Å². The number of aliphatic hydroxyl groups excluding tert-OH is 4. The van der Waals surface area contributed by atoms with Crippen molar-refractivity contribution >= 4 is 46.2 Å². The molecule has 0 aliphatic carbocycles. The minimum Gasteiger partial charge on any atom is -0.390 e. The first-order chi connectivity index (χ1) is 42.6. The fourth-order valence-corrected chi connectivity index (χ4v) is 10.4. The molecule has 0 saturated carbocycles. The molecule has 0 heterocycles. The molecule has 8 N–H and O–H groups in total. The second-order valence-electron chi connectivity index (χ2n) is 21.4. The van der Waals surface area contributed by atoms with E-state index in [9.17, 15) is 47.0 Å². The molecule has 0 aromatic heterocycles. The number of halogens is 5. The lowest BCUT2D eigenvalue weighted by Crippen LogP contribution is -2.48. The Labute approximate surface area is 535 Å². The highest BCUT2D eigenvalue weighted by atomic mass is 127. The Bertz CT molecular complexity index is 3320. The zero-order valence-electron chi connectivity index (χ0n) is 51.5. The number of aryl methyl sites for hydroxylation is 2. The summed E-state index contributed by atoms with van der Waals surface area (Å²) in [6.45, 7) is 14.8. The zero-order chi connectivity index (χ0) is 65.4. The van der Waals surface area contributed by atoms with E-state index >= 15 is 0 Å². The lowest BCUT2D eigenvalue weighted by Gasteiger charge is -2.25. The Balaban J connectivity index is 0.000000359. The molecule has 6 aromatic rings. The maximum absolute atomic E-state index is 14.0. The predicted molar refractivity (Wildman–Crippen MR) is 349 cm³/mol. The molecular weight excluding hydrogens is 1260 g/mol. The van der Waals surface area contributed by atoms with Crippen molar-refractivity contribution in [2.45, 2.75) is 117 Å². The van der Waals surface area contributed by atoms with Crippen molar-refractivity contribution in [3.63, 3.8) is 0 Å². The molecule has 0 fully saturated rings. The molecule has 0 spiro atoms. The number of hydrogen-bond acceptors (Lipinski definition) is 10. The number of amides is 4. The van der Waals surface area contributed by atoms with Crippen LogP contribution >= 0.6 is 22.6 Å². The van der Waals surface area contributed by atoms with E-state index in [1.54, 1.807) is 53.1 Å². The number of hydrogen-bond donors (Lipinski definition) is 8. The smallest absolute Gasteiger partial charge is 0.253 e. The van der Waals surface area contributed by atoms with E-state index < -0.39 is 59.4 Å². The molecule has 0 radical (unpaired) electrons. The van der Waals surface area contributed by atoms with Crippen molar-refractivity contribution in [3.8, 4) is 24.2 Å². The molecule has 0 unspecified atom stereocenters. The van der Waals surface area contributed by atoms with Crippen LogP contribution in [0.3, 0.4) is 0 Å². The minimum absolute atomic E-state index is 0.00484. The Morgan fingerprint density at radius 1 is 0.528 bits per heavy atom. The first-order valence-electron chi connectivity index (χ1n) is 29.7. The monoisotopic (exact) mass is 1340 g/mol. The Hall–Kier alpha value is -7.47. The molecule has 6 aromatic carbocycles. The quantitative estimate of drug-likeness (QED) is 0.0133. The van der Waals surface area contributed by atoms with Gasteiger partial charge in [0.15, 0.2) is 0 Å². The summed E-state index contributed by atoms with van der Waals surface area (Å²) < 4.78 is 56.9. The van der Waals surface area contributed by atoms with Crippen LogP contribution in [0.2, 0.25) is 0 Å². The summed E-state index contributed by atoms with van der Waals surface area (Å²) in [4.78, 5) is 57.0. The first-order valence-corrected chi connectivity index (χ1v) is 30.8. The topological polar surface area (TPSA) is 204 Å². The summed E-state index contributed by atoms with van der Waals surface area (Å²) in [5.41, 5.74) is 6.06. The van der Waals surface area contributed by atoms with Gasteiger partial charge in [-0.2, -0.15) is 0 Å². The van der Waals surface area contributed by atoms with E-state index in [2.05, 4.69) is 62.1 Å². The SMILES string of the molecule is C#CCO.CCCN(CCC)C(=O)c1cc(C)cc(C(=O)N[C@@H](Cc2cc(F)cc(F)c2)[C@H](O)CNCc2cccc(C#CCO)c2)c1.CCCN(CCC)C(=O)c1cc(C)cc(C(=O)N[C@@H](Cc2cc(F)cc(F)c2)[C@H](O)CNCc2cccc(I)c2)c1. The standard InChI is InChI=1S/C35H41F2N3O4.C32H38F2IN3O3.C3H4O/c1-4-11-40(12-5-2)35(44)29-15-24(3)14-28(20-29)34(43)39-32(19-27-17-30(36)21-31(37)18-27)33(42)23-38-22-26-9-6-8-25(16-26)10-7-13-41;1-4-9-38(10-5-2)32(41)25-12-21(3)11-24(17-25)31(40)37-29(16-23-13-26(33)18-27(34)14-23)30(39)20-36-19-22-7-6-8-28(35)15-22;1-2-3-4/h6,8-9,14-18,20-21,32-33,38,41-42H,4-5,11-13,19,22-23H2,1-3H3,(H,39,43);6-8,11-15,17-18,29-30,36,39H,4-5,9-10,16,19-20H2,1-3H3,(H,37,40);1,4H,3H2/t32-,33+;29-,30+;/m00./s1. The van der Waals surface area contributed by atoms with Gasteiger partial charge in [-0.25, -0.2) is 17.6 Å². The van der Waals surface area contributed by atoms with Crippen LogP contribution in [-0.4, -0.2) is 131 Å². The van der Waals surface area contributed by atoms with Gasteiger partial charge in [-0.1, -0.05) is 69.7 Å². The highest BCUT2D eigenvalue weighted by Gasteiger charge is 2.27. The Kier molecular flexibility index (Phi) is 32.9. The van der Waals surface area contributed by atoms with Crippen LogP contribution in [0, 0.1) is 64.9 Å². The molecule has 89 heavy (non-hydrogen) atoms. The maximum atomic E-state index is 14.0. The van der Waals surface area contributed by atoms with Crippen molar-refractivity contribution in [2.75, 3.05) is 52.5 Å². The van der Waals surface area contributed by atoms with Crippen LogP contribution < -0.4 is 21.3 Å². The second kappa shape index (κ2) is 39.5. The Morgan fingerprint density at radius 2 is 0.910 bits per heavy atom. The highest BCUT2D eigenvalue weighted by molar-refractivity contribution is 14.1. The zero-order valence-corrected chi connectivity index (χ0v) is 53.6. The number of terminal acetylenes is 1. The van der Waals surface area contributed by atoms with E-state index in [4.69, 9.17) is 10.2 Å². The van der Waals surface area contributed by atoms with Crippen molar-refractivity contribution in [3.05, 3.63) is 209 Å². The second-order valence-corrected chi connectivity index (χ2v) is 22.7. The van der Waals surface area contributed by atoms with E-state index in [1.165, 1.54) is 24.3 Å². The number of carbonyl (C=O) groups is 4. The molecule has 0 saturated heterocycles.